The number of unbranched alkanes of at least 4 members (excludes halogenated alkanes) is 15. The highest BCUT2D eigenvalue weighted by Gasteiger charge is 2.01. The molecule has 0 spiro atoms. The summed E-state index contributed by atoms with van der Waals surface area (Å²) in [4.78, 5) is 0. The number of allylic oxidation sites excluding steroid dienone is 1. The lowest BCUT2D eigenvalue weighted by Crippen LogP contribution is -2.03. The average molecular weight is 338 g/mol. The van der Waals surface area contributed by atoms with Crippen LogP contribution in [0.3, 0.4) is 0 Å². The summed E-state index contributed by atoms with van der Waals surface area (Å²) in [6.45, 7) is 8.60. The van der Waals surface area contributed by atoms with Gasteiger partial charge in [-0.05, 0) is 6.04 Å². The van der Waals surface area contributed by atoms with E-state index in [9.17, 15) is 0 Å². The topological polar surface area (TPSA) is 0 Å². The molecule has 0 saturated heterocycles. The molecular weight excluding hydrogens is 292 g/mol. The lowest BCUT2D eigenvalue weighted by molar-refractivity contribution is 0.531. The lowest BCUT2D eigenvalue weighted by Gasteiger charge is -2.06. The minimum Gasteiger partial charge on any atom is -0.103 e. The van der Waals surface area contributed by atoms with E-state index in [2.05, 4.69) is 26.1 Å². The van der Waals surface area contributed by atoms with Crippen LogP contribution in [0.1, 0.15) is 110 Å². The standard InChI is InChI=1S/C22H45Si/c1-4-6-7-8-9-10-11-12-13-14-15-16-17-18-19-20-22-23(3)21-5-2/h5H,2,4,6-22H2,1,3H3. The highest BCUT2D eigenvalue weighted by molar-refractivity contribution is 6.57. The molecule has 0 aliphatic heterocycles. The van der Waals surface area contributed by atoms with E-state index in [1.165, 1.54) is 115 Å². The van der Waals surface area contributed by atoms with Crippen molar-refractivity contribution in [1.82, 2.24) is 0 Å². The molecular formula is C22H45Si. The third-order valence-corrected chi connectivity index (χ3v) is 7.14. The normalized spacial score (nSPS) is 11.3. The van der Waals surface area contributed by atoms with E-state index in [1.54, 1.807) is 0 Å². The van der Waals surface area contributed by atoms with Crippen LogP contribution in [0.2, 0.25) is 18.6 Å². The average Bonchev–Trinajstić information content (AvgIpc) is 2.54. The van der Waals surface area contributed by atoms with Crippen molar-refractivity contribution in [3.8, 4) is 0 Å². The van der Waals surface area contributed by atoms with Crippen LogP contribution < -0.4 is 0 Å². The van der Waals surface area contributed by atoms with Crippen molar-refractivity contribution < 1.29 is 0 Å². The molecule has 0 amide bonds. The van der Waals surface area contributed by atoms with Gasteiger partial charge in [0.05, 0.1) is 0 Å². The van der Waals surface area contributed by atoms with E-state index >= 15 is 0 Å². The van der Waals surface area contributed by atoms with Crippen molar-refractivity contribution in [3.05, 3.63) is 12.7 Å². The quantitative estimate of drug-likeness (QED) is 0.126. The second-order valence-corrected chi connectivity index (χ2v) is 10.3. The highest BCUT2D eigenvalue weighted by atomic mass is 28.3. The maximum Gasteiger partial charge on any atom is 0.0485 e. The molecule has 0 heterocycles. The fourth-order valence-corrected chi connectivity index (χ4v) is 4.87. The fraction of sp³-hybridized carbons (Fsp3) is 0.909. The summed E-state index contributed by atoms with van der Waals surface area (Å²) in [7, 11) is -0.0773. The summed E-state index contributed by atoms with van der Waals surface area (Å²) < 4.78 is 0. The van der Waals surface area contributed by atoms with Gasteiger partial charge in [0.25, 0.3) is 0 Å². The van der Waals surface area contributed by atoms with Crippen molar-refractivity contribution in [3.63, 3.8) is 0 Å². The molecule has 1 radical (unpaired) electrons. The van der Waals surface area contributed by atoms with Crippen molar-refractivity contribution >= 4 is 8.80 Å². The monoisotopic (exact) mass is 337 g/mol. The Morgan fingerprint density at radius 2 is 0.957 bits per heavy atom. The first kappa shape index (κ1) is 23.0. The van der Waals surface area contributed by atoms with Crippen LogP contribution in [-0.2, 0) is 0 Å². The third kappa shape index (κ3) is 19.9. The van der Waals surface area contributed by atoms with Gasteiger partial charge in [-0.3, -0.25) is 0 Å². The Balaban J connectivity index is 3.01. The predicted octanol–water partition coefficient (Wildman–Crippen LogP) is 8.56. The van der Waals surface area contributed by atoms with Gasteiger partial charge in [-0.1, -0.05) is 128 Å². The Morgan fingerprint density at radius 1 is 0.609 bits per heavy atom. The van der Waals surface area contributed by atoms with Crippen LogP contribution in [0.4, 0.5) is 0 Å². The summed E-state index contributed by atoms with van der Waals surface area (Å²) in [5.41, 5.74) is 0. The van der Waals surface area contributed by atoms with Crippen molar-refractivity contribution in [2.24, 2.45) is 0 Å². The molecule has 23 heavy (non-hydrogen) atoms. The van der Waals surface area contributed by atoms with Gasteiger partial charge in [0.15, 0.2) is 0 Å². The van der Waals surface area contributed by atoms with Gasteiger partial charge in [-0.15, -0.1) is 6.58 Å². The second-order valence-electron chi connectivity index (χ2n) is 7.50. The molecule has 0 fully saturated rings. The molecule has 0 saturated carbocycles. The van der Waals surface area contributed by atoms with Gasteiger partial charge >= 0.3 is 0 Å². The van der Waals surface area contributed by atoms with E-state index in [4.69, 9.17) is 0 Å². The first-order valence-electron chi connectivity index (χ1n) is 10.7. The van der Waals surface area contributed by atoms with Crippen molar-refractivity contribution in [1.29, 1.82) is 0 Å². The Bertz CT molecular complexity index is 224. The van der Waals surface area contributed by atoms with Crippen LogP contribution in [0.25, 0.3) is 0 Å². The number of rotatable bonds is 19. The molecule has 0 aromatic rings. The SMILES string of the molecule is C=CC[Si](C)CCCCCCCCCCCCCCCCCC. The lowest BCUT2D eigenvalue weighted by atomic mass is 10.0. The van der Waals surface area contributed by atoms with Crippen LogP contribution >= 0.6 is 0 Å². The molecule has 0 nitrogen and oxygen atoms in total. The molecule has 0 bridgehead atoms. The van der Waals surface area contributed by atoms with Crippen LogP contribution in [0, 0.1) is 0 Å². The van der Waals surface area contributed by atoms with E-state index in [-0.39, 0.29) is 8.80 Å². The van der Waals surface area contributed by atoms with Crippen molar-refractivity contribution in [2.75, 3.05) is 0 Å². The van der Waals surface area contributed by atoms with Gasteiger partial charge in [0, 0.05) is 8.80 Å². The third-order valence-electron chi connectivity index (χ3n) is 4.95. The molecule has 0 aromatic carbocycles. The van der Waals surface area contributed by atoms with E-state index < -0.39 is 0 Å². The van der Waals surface area contributed by atoms with E-state index in [1.807, 2.05) is 0 Å². The predicted molar refractivity (Wildman–Crippen MR) is 111 cm³/mol. The summed E-state index contributed by atoms with van der Waals surface area (Å²) in [6.07, 6.45) is 25.6. The summed E-state index contributed by atoms with van der Waals surface area (Å²) in [6, 6.07) is 2.79. The smallest absolute Gasteiger partial charge is 0.0485 e. The first-order valence-corrected chi connectivity index (χ1v) is 13.1. The molecule has 1 heteroatoms. The Hall–Kier alpha value is -0.0431. The molecule has 0 aliphatic rings. The first-order chi connectivity index (χ1) is 11.3. The molecule has 137 valence electrons. The Morgan fingerprint density at radius 3 is 1.30 bits per heavy atom. The molecule has 0 rings (SSSR count). The zero-order valence-corrected chi connectivity index (χ0v) is 17.5. The Kier molecular flexibility index (Phi) is 20.0. The summed E-state index contributed by atoms with van der Waals surface area (Å²) in [5, 5.41) is 0. The van der Waals surface area contributed by atoms with Gasteiger partial charge in [-0.25, -0.2) is 0 Å². The van der Waals surface area contributed by atoms with Crippen molar-refractivity contribution in [2.45, 2.75) is 128 Å². The molecule has 0 aromatic heterocycles. The molecule has 0 aliphatic carbocycles. The zero-order valence-electron chi connectivity index (χ0n) is 16.5. The van der Waals surface area contributed by atoms with Gasteiger partial charge in [0.2, 0.25) is 0 Å². The molecule has 0 atom stereocenters. The van der Waals surface area contributed by atoms with E-state index in [0.717, 1.165) is 0 Å². The largest absolute Gasteiger partial charge is 0.103 e. The van der Waals surface area contributed by atoms with Crippen LogP contribution in [0.15, 0.2) is 12.7 Å². The highest BCUT2D eigenvalue weighted by Crippen LogP contribution is 2.14. The Labute approximate surface area is 150 Å². The zero-order chi connectivity index (χ0) is 17.0. The maximum atomic E-state index is 3.85. The van der Waals surface area contributed by atoms with Gasteiger partial charge < -0.3 is 0 Å². The molecule has 0 unspecified atom stereocenters. The number of hydrogen-bond donors (Lipinski definition) is 0. The van der Waals surface area contributed by atoms with E-state index in [0.29, 0.717) is 0 Å². The van der Waals surface area contributed by atoms with Gasteiger partial charge in [0.1, 0.15) is 0 Å². The van der Waals surface area contributed by atoms with Crippen LogP contribution in [-0.4, -0.2) is 8.80 Å². The summed E-state index contributed by atoms with van der Waals surface area (Å²) >= 11 is 0. The van der Waals surface area contributed by atoms with Crippen LogP contribution in [0.5, 0.6) is 0 Å². The number of hydrogen-bond acceptors (Lipinski definition) is 0. The molecule has 0 N–H and O–H groups in total. The maximum absolute atomic E-state index is 3.85. The minimum absolute atomic E-state index is 0.0773. The fourth-order valence-electron chi connectivity index (χ4n) is 3.32. The second kappa shape index (κ2) is 20.0. The van der Waals surface area contributed by atoms with Gasteiger partial charge in [-0.2, -0.15) is 0 Å². The minimum atomic E-state index is -0.0773. The summed E-state index contributed by atoms with van der Waals surface area (Å²) in [5.74, 6) is 0.